The second-order valence-electron chi connectivity index (χ2n) is 6.87. The minimum absolute atomic E-state index is 0.107. The van der Waals surface area contributed by atoms with E-state index in [1.54, 1.807) is 0 Å². The van der Waals surface area contributed by atoms with E-state index in [0.29, 0.717) is 11.7 Å². The smallest absolute Gasteiger partial charge is 0.241 e. The number of anilines is 1. The first-order chi connectivity index (χ1) is 12.3. The van der Waals surface area contributed by atoms with E-state index in [9.17, 15) is 4.79 Å². The summed E-state index contributed by atoms with van der Waals surface area (Å²) in [6, 6.07) is 17.4. The fourth-order valence-corrected chi connectivity index (χ4v) is 2.35. The molecule has 1 amide bonds. The van der Waals surface area contributed by atoms with Crippen LogP contribution >= 0.6 is 12.2 Å². The lowest BCUT2D eigenvalue weighted by molar-refractivity contribution is -0.122. The first-order valence-corrected chi connectivity index (χ1v) is 8.89. The number of hydrogen-bond acceptors (Lipinski definition) is 3. The molecule has 6 heteroatoms. The van der Waals surface area contributed by atoms with Crippen LogP contribution in [0.5, 0.6) is 5.75 Å². The van der Waals surface area contributed by atoms with Crippen LogP contribution in [0.1, 0.15) is 32.8 Å². The monoisotopic (exact) mass is 371 g/mol. The molecule has 2 aromatic carbocycles. The molecule has 0 fully saturated rings. The molecule has 0 atom stereocenters. The Morgan fingerprint density at radius 3 is 2.27 bits per heavy atom. The summed E-state index contributed by atoms with van der Waals surface area (Å²) in [4.78, 5) is 11.8. The van der Waals surface area contributed by atoms with Crippen molar-refractivity contribution in [2.24, 2.45) is 0 Å². The molecule has 0 aromatic heterocycles. The molecule has 26 heavy (non-hydrogen) atoms. The second-order valence-corrected chi connectivity index (χ2v) is 7.27. The van der Waals surface area contributed by atoms with E-state index in [-0.39, 0.29) is 17.7 Å². The van der Waals surface area contributed by atoms with Crippen molar-refractivity contribution in [1.29, 1.82) is 0 Å². The number of rotatable bonds is 5. The number of hydrazine groups is 1. The van der Waals surface area contributed by atoms with Crippen LogP contribution in [0.3, 0.4) is 0 Å². The number of carbonyl (C=O) groups excluding carboxylic acids is 1. The average molecular weight is 372 g/mol. The van der Waals surface area contributed by atoms with Gasteiger partial charge in [-0.1, -0.05) is 51.1 Å². The molecule has 138 valence electrons. The summed E-state index contributed by atoms with van der Waals surface area (Å²) in [5, 5.41) is 3.29. The van der Waals surface area contributed by atoms with Crippen LogP contribution in [0.2, 0.25) is 0 Å². The van der Waals surface area contributed by atoms with Gasteiger partial charge in [-0.3, -0.25) is 15.6 Å². The molecule has 0 aliphatic carbocycles. The maximum Gasteiger partial charge on any atom is 0.241 e. The molecule has 0 radical (unpaired) electrons. The fourth-order valence-electron chi connectivity index (χ4n) is 2.19. The Morgan fingerprint density at radius 1 is 1.00 bits per heavy atom. The molecular weight excluding hydrogens is 346 g/mol. The Morgan fingerprint density at radius 2 is 1.65 bits per heavy atom. The summed E-state index contributed by atoms with van der Waals surface area (Å²) in [6.07, 6.45) is 0.224. The molecule has 0 bridgehead atoms. The summed E-state index contributed by atoms with van der Waals surface area (Å²) in [5.41, 5.74) is 7.41. The SMILES string of the molecule is CC(C)(C)c1ccc(OCCC(=O)NNC(=S)Nc2ccccc2)cc1. The lowest BCUT2D eigenvalue weighted by Gasteiger charge is -2.19. The van der Waals surface area contributed by atoms with Gasteiger partial charge in [0, 0.05) is 5.69 Å². The van der Waals surface area contributed by atoms with Gasteiger partial charge in [0.05, 0.1) is 13.0 Å². The van der Waals surface area contributed by atoms with Crippen LogP contribution in [-0.2, 0) is 10.2 Å². The van der Waals surface area contributed by atoms with Gasteiger partial charge in [0.2, 0.25) is 5.91 Å². The topological polar surface area (TPSA) is 62.4 Å². The molecule has 2 rings (SSSR count). The predicted octanol–water partition coefficient (Wildman–Crippen LogP) is 3.77. The van der Waals surface area contributed by atoms with Crippen molar-refractivity contribution in [2.75, 3.05) is 11.9 Å². The van der Waals surface area contributed by atoms with Gasteiger partial charge >= 0.3 is 0 Å². The molecular formula is C20H25N3O2S. The van der Waals surface area contributed by atoms with Gasteiger partial charge in [-0.15, -0.1) is 0 Å². The molecule has 0 heterocycles. The second kappa shape index (κ2) is 9.20. The third-order valence-corrected chi connectivity index (χ3v) is 3.87. The quantitative estimate of drug-likeness (QED) is 0.552. The van der Waals surface area contributed by atoms with Crippen molar-refractivity contribution < 1.29 is 9.53 Å². The molecule has 0 saturated heterocycles. The van der Waals surface area contributed by atoms with E-state index in [1.165, 1.54) is 5.56 Å². The summed E-state index contributed by atoms with van der Waals surface area (Å²) in [6.45, 7) is 6.78. The van der Waals surface area contributed by atoms with Crippen molar-refractivity contribution in [3.8, 4) is 5.75 Å². The van der Waals surface area contributed by atoms with Crippen LogP contribution in [0.4, 0.5) is 5.69 Å². The molecule has 2 aromatic rings. The Bertz CT molecular complexity index is 725. The van der Waals surface area contributed by atoms with Gasteiger partial charge in [0.25, 0.3) is 0 Å². The van der Waals surface area contributed by atoms with E-state index in [4.69, 9.17) is 17.0 Å². The molecule has 3 N–H and O–H groups in total. The molecule has 0 saturated carbocycles. The van der Waals surface area contributed by atoms with E-state index < -0.39 is 0 Å². The van der Waals surface area contributed by atoms with E-state index in [1.807, 2.05) is 54.6 Å². The largest absolute Gasteiger partial charge is 0.493 e. The maximum absolute atomic E-state index is 11.8. The highest BCUT2D eigenvalue weighted by molar-refractivity contribution is 7.80. The van der Waals surface area contributed by atoms with Gasteiger partial charge in [0.1, 0.15) is 5.75 Å². The van der Waals surface area contributed by atoms with E-state index in [0.717, 1.165) is 11.4 Å². The van der Waals surface area contributed by atoms with E-state index in [2.05, 4.69) is 36.9 Å². The minimum atomic E-state index is -0.200. The lowest BCUT2D eigenvalue weighted by atomic mass is 9.87. The van der Waals surface area contributed by atoms with Crippen LogP contribution in [0, 0.1) is 0 Å². The summed E-state index contributed by atoms with van der Waals surface area (Å²) in [7, 11) is 0. The van der Waals surface area contributed by atoms with Gasteiger partial charge in [-0.05, 0) is 47.5 Å². The Hall–Kier alpha value is -2.60. The fraction of sp³-hybridized carbons (Fsp3) is 0.300. The van der Waals surface area contributed by atoms with Crippen LogP contribution in [-0.4, -0.2) is 17.6 Å². The van der Waals surface area contributed by atoms with Crippen molar-refractivity contribution in [2.45, 2.75) is 32.6 Å². The zero-order valence-corrected chi connectivity index (χ0v) is 16.2. The number of para-hydroxylation sites is 1. The number of benzene rings is 2. The normalized spacial score (nSPS) is 10.7. The van der Waals surface area contributed by atoms with Crippen LogP contribution in [0.25, 0.3) is 0 Å². The zero-order chi connectivity index (χ0) is 19.0. The lowest BCUT2D eigenvalue weighted by Crippen LogP contribution is -2.44. The molecule has 0 spiro atoms. The highest BCUT2D eigenvalue weighted by Gasteiger charge is 2.13. The summed E-state index contributed by atoms with van der Waals surface area (Å²) < 4.78 is 5.61. The number of ether oxygens (including phenoxy) is 1. The van der Waals surface area contributed by atoms with Crippen molar-refractivity contribution in [1.82, 2.24) is 10.9 Å². The standard InChI is InChI=1S/C20H25N3O2S/c1-20(2,3)15-9-11-17(12-10-15)25-14-13-18(24)22-23-19(26)21-16-7-5-4-6-8-16/h4-12H,13-14H2,1-3H3,(H,22,24)(H2,21,23,26). The Labute approximate surface area is 160 Å². The van der Waals surface area contributed by atoms with Gasteiger partial charge in [0.15, 0.2) is 5.11 Å². The third-order valence-electron chi connectivity index (χ3n) is 3.67. The predicted molar refractivity (Wildman–Crippen MR) is 109 cm³/mol. The number of nitrogens with one attached hydrogen (secondary N) is 3. The minimum Gasteiger partial charge on any atom is -0.493 e. The number of carbonyl (C=O) groups is 1. The number of hydrogen-bond donors (Lipinski definition) is 3. The first-order valence-electron chi connectivity index (χ1n) is 8.49. The van der Waals surface area contributed by atoms with Crippen molar-refractivity contribution in [3.05, 3.63) is 60.2 Å². The number of amides is 1. The highest BCUT2D eigenvalue weighted by atomic mass is 32.1. The van der Waals surface area contributed by atoms with E-state index >= 15 is 0 Å². The average Bonchev–Trinajstić information content (AvgIpc) is 2.60. The Balaban J connectivity index is 1.66. The molecule has 0 unspecified atom stereocenters. The van der Waals surface area contributed by atoms with Gasteiger partial charge < -0.3 is 10.1 Å². The maximum atomic E-state index is 11.8. The Kier molecular flexibility index (Phi) is 6.97. The summed E-state index contributed by atoms with van der Waals surface area (Å²) in [5.74, 6) is 0.550. The van der Waals surface area contributed by atoms with Crippen LogP contribution < -0.4 is 20.9 Å². The molecule has 0 aliphatic rings. The molecule has 5 nitrogen and oxygen atoms in total. The zero-order valence-electron chi connectivity index (χ0n) is 15.3. The first kappa shape index (κ1) is 19.7. The molecule has 0 aliphatic heterocycles. The van der Waals surface area contributed by atoms with Crippen molar-refractivity contribution >= 4 is 28.9 Å². The van der Waals surface area contributed by atoms with Gasteiger partial charge in [-0.2, -0.15) is 0 Å². The van der Waals surface area contributed by atoms with Gasteiger partial charge in [-0.25, -0.2) is 0 Å². The number of thiocarbonyl (C=S) groups is 1. The van der Waals surface area contributed by atoms with Crippen LogP contribution in [0.15, 0.2) is 54.6 Å². The summed E-state index contributed by atoms with van der Waals surface area (Å²) >= 11 is 5.12. The highest BCUT2D eigenvalue weighted by Crippen LogP contribution is 2.24. The van der Waals surface area contributed by atoms with Crippen molar-refractivity contribution in [3.63, 3.8) is 0 Å². The third kappa shape index (κ3) is 6.72.